The molecule has 4 atom stereocenters. The van der Waals surface area contributed by atoms with Crippen molar-refractivity contribution in [3.8, 4) is 0 Å². The molecule has 0 unspecified atom stereocenters. The summed E-state index contributed by atoms with van der Waals surface area (Å²) in [5.74, 6) is -0.507. The summed E-state index contributed by atoms with van der Waals surface area (Å²) in [6, 6.07) is 0. The van der Waals surface area contributed by atoms with Crippen molar-refractivity contribution in [3.63, 3.8) is 0 Å². The summed E-state index contributed by atoms with van der Waals surface area (Å²) in [5.41, 5.74) is 8.27. The normalized spacial score (nSPS) is 29.6. The van der Waals surface area contributed by atoms with E-state index in [1.807, 2.05) is 0 Å². The summed E-state index contributed by atoms with van der Waals surface area (Å²) in [7, 11) is 4.29. The number of carbonyl (C=O) groups excluding carboxylic acids is 1. The van der Waals surface area contributed by atoms with Crippen molar-refractivity contribution in [1.29, 1.82) is 0 Å². The number of rotatable bonds is 6. The molecule has 8 heteroatoms. The van der Waals surface area contributed by atoms with Crippen LogP contribution in [-0.4, -0.2) is 58.3 Å². The zero-order valence-corrected chi connectivity index (χ0v) is 9.90. The first-order valence-electron chi connectivity index (χ1n) is 4.99. The molecule has 0 aromatic carbocycles. The maximum atomic E-state index is 11.5. The lowest BCUT2D eigenvalue weighted by atomic mass is 10.1. The van der Waals surface area contributed by atoms with Crippen LogP contribution in [0.5, 0.6) is 0 Å². The van der Waals surface area contributed by atoms with Crippen LogP contribution < -0.4 is 0 Å². The van der Waals surface area contributed by atoms with Gasteiger partial charge in [0.05, 0.1) is 6.54 Å². The molecule has 0 N–H and O–H groups in total. The third-order valence-corrected chi connectivity index (χ3v) is 2.63. The summed E-state index contributed by atoms with van der Waals surface area (Å²) < 4.78 is 20.4. The van der Waals surface area contributed by atoms with Crippen LogP contribution in [0, 0.1) is 0 Å². The Bertz CT molecular complexity index is 318. The Balaban J connectivity index is 2.80. The Kier molecular flexibility index (Phi) is 5.17. The van der Waals surface area contributed by atoms with E-state index in [4.69, 9.17) is 24.5 Å². The van der Waals surface area contributed by atoms with E-state index in [-0.39, 0.29) is 6.54 Å². The van der Waals surface area contributed by atoms with Gasteiger partial charge in [0, 0.05) is 26.2 Å². The molecule has 1 saturated heterocycles. The van der Waals surface area contributed by atoms with Crippen LogP contribution >= 0.6 is 0 Å². The minimum atomic E-state index is -0.784. The number of carbonyl (C=O) groups is 1. The minimum Gasteiger partial charge on any atom is -0.455 e. The molecule has 0 spiro atoms. The number of methoxy groups -OCH3 is 3. The van der Waals surface area contributed by atoms with E-state index in [0.29, 0.717) is 0 Å². The van der Waals surface area contributed by atoms with Gasteiger partial charge in [0.1, 0.15) is 12.2 Å². The fourth-order valence-electron chi connectivity index (χ4n) is 1.78. The molecular formula is C9H15N3O5. The highest BCUT2D eigenvalue weighted by atomic mass is 16.6. The lowest BCUT2D eigenvalue weighted by Crippen LogP contribution is -2.42. The van der Waals surface area contributed by atoms with E-state index in [1.165, 1.54) is 21.3 Å². The van der Waals surface area contributed by atoms with E-state index < -0.39 is 30.4 Å². The van der Waals surface area contributed by atoms with Gasteiger partial charge in [0.15, 0.2) is 12.2 Å². The average molecular weight is 245 g/mol. The number of cyclic esters (lactones) is 1. The van der Waals surface area contributed by atoms with Gasteiger partial charge in [-0.05, 0) is 5.53 Å². The predicted octanol–water partition coefficient (Wildman–Crippen LogP) is 0.267. The second-order valence-electron chi connectivity index (χ2n) is 3.45. The number of nitrogens with zero attached hydrogens (tertiary/aromatic N) is 3. The molecular weight excluding hydrogens is 230 g/mol. The van der Waals surface area contributed by atoms with Crippen LogP contribution in [0.4, 0.5) is 0 Å². The highest BCUT2D eigenvalue weighted by Gasteiger charge is 2.49. The second kappa shape index (κ2) is 6.41. The molecule has 1 heterocycles. The van der Waals surface area contributed by atoms with Gasteiger partial charge in [0.25, 0.3) is 0 Å². The molecule has 0 aromatic heterocycles. The van der Waals surface area contributed by atoms with Crippen molar-refractivity contribution in [2.45, 2.75) is 24.4 Å². The summed E-state index contributed by atoms with van der Waals surface area (Å²) in [4.78, 5) is 14.1. The molecule has 17 heavy (non-hydrogen) atoms. The standard InChI is InChI=1S/C9H15N3O5/c1-14-5(4-11-12-10)6-7(15-2)8(16-3)9(13)17-6/h5-8H,4H2,1-3H3/t5-,6+,7+,8-/m1/s1. The van der Waals surface area contributed by atoms with Crippen molar-refractivity contribution >= 4 is 5.97 Å². The Hall–Kier alpha value is -1.34. The number of azide groups is 1. The maximum Gasteiger partial charge on any atom is 0.338 e. The van der Waals surface area contributed by atoms with Gasteiger partial charge in [-0.3, -0.25) is 0 Å². The largest absolute Gasteiger partial charge is 0.455 e. The zero-order valence-electron chi connectivity index (χ0n) is 9.90. The lowest BCUT2D eigenvalue weighted by Gasteiger charge is -2.24. The van der Waals surface area contributed by atoms with E-state index in [0.717, 1.165) is 0 Å². The Morgan fingerprint density at radius 2 is 2.18 bits per heavy atom. The van der Waals surface area contributed by atoms with E-state index in [9.17, 15) is 4.79 Å². The number of hydrogen-bond donors (Lipinski definition) is 0. The molecule has 8 nitrogen and oxygen atoms in total. The van der Waals surface area contributed by atoms with Gasteiger partial charge in [-0.2, -0.15) is 0 Å². The number of ether oxygens (including phenoxy) is 4. The van der Waals surface area contributed by atoms with Crippen LogP contribution in [0.15, 0.2) is 5.11 Å². The van der Waals surface area contributed by atoms with Gasteiger partial charge < -0.3 is 18.9 Å². The number of esters is 1. The Morgan fingerprint density at radius 1 is 1.47 bits per heavy atom. The summed E-state index contributed by atoms with van der Waals surface area (Å²) in [6.07, 6.45) is -2.56. The highest BCUT2D eigenvalue weighted by Crippen LogP contribution is 2.25. The second-order valence-corrected chi connectivity index (χ2v) is 3.45. The first-order valence-corrected chi connectivity index (χ1v) is 4.99. The third kappa shape index (κ3) is 2.86. The SMILES string of the molecule is CO[C@H]1[C@H]([C@@H](CN=[N+]=[N-])OC)OC(=O)[C@@H]1OC. The lowest BCUT2D eigenvalue weighted by molar-refractivity contribution is -0.151. The molecule has 1 rings (SSSR count). The molecule has 0 bridgehead atoms. The van der Waals surface area contributed by atoms with Gasteiger partial charge in [-0.25, -0.2) is 4.79 Å². The molecule has 0 aromatic rings. The molecule has 0 amide bonds. The average Bonchev–Trinajstić information content (AvgIpc) is 2.66. The topological polar surface area (TPSA) is 103 Å². The quantitative estimate of drug-likeness (QED) is 0.289. The van der Waals surface area contributed by atoms with Crippen LogP contribution in [0.3, 0.4) is 0 Å². The van der Waals surface area contributed by atoms with Crippen LogP contribution in [0.1, 0.15) is 0 Å². The molecule has 1 aliphatic heterocycles. The fraction of sp³-hybridized carbons (Fsp3) is 0.889. The first kappa shape index (κ1) is 13.7. The van der Waals surface area contributed by atoms with Crippen molar-refractivity contribution in [2.75, 3.05) is 27.9 Å². The van der Waals surface area contributed by atoms with Crippen LogP contribution in [0.2, 0.25) is 0 Å². The molecule has 0 aliphatic carbocycles. The van der Waals surface area contributed by atoms with E-state index >= 15 is 0 Å². The smallest absolute Gasteiger partial charge is 0.338 e. The number of hydrogen-bond acceptors (Lipinski definition) is 6. The summed E-state index contributed by atoms with van der Waals surface area (Å²) >= 11 is 0. The van der Waals surface area contributed by atoms with Crippen LogP contribution in [-0.2, 0) is 23.7 Å². The van der Waals surface area contributed by atoms with Gasteiger partial charge in [-0.1, -0.05) is 5.11 Å². The van der Waals surface area contributed by atoms with Crippen molar-refractivity contribution in [3.05, 3.63) is 10.4 Å². The van der Waals surface area contributed by atoms with Gasteiger partial charge in [0.2, 0.25) is 0 Å². The molecule has 96 valence electrons. The minimum absolute atomic E-state index is 0.0568. The monoisotopic (exact) mass is 245 g/mol. The third-order valence-electron chi connectivity index (χ3n) is 2.63. The predicted molar refractivity (Wildman–Crippen MR) is 56.3 cm³/mol. The Morgan fingerprint density at radius 3 is 2.65 bits per heavy atom. The summed E-state index contributed by atoms with van der Waals surface area (Å²) in [6.45, 7) is 0.0568. The van der Waals surface area contributed by atoms with E-state index in [1.54, 1.807) is 0 Å². The van der Waals surface area contributed by atoms with Crippen LogP contribution in [0.25, 0.3) is 10.4 Å². The van der Waals surface area contributed by atoms with Gasteiger partial charge >= 0.3 is 5.97 Å². The highest BCUT2D eigenvalue weighted by molar-refractivity contribution is 5.78. The van der Waals surface area contributed by atoms with Crippen molar-refractivity contribution in [1.82, 2.24) is 0 Å². The summed E-state index contributed by atoms with van der Waals surface area (Å²) in [5, 5.41) is 3.40. The first-order chi connectivity index (χ1) is 8.19. The fourth-order valence-corrected chi connectivity index (χ4v) is 1.78. The molecule has 0 saturated carbocycles. The maximum absolute atomic E-state index is 11.5. The molecule has 0 radical (unpaired) electrons. The molecule has 1 fully saturated rings. The van der Waals surface area contributed by atoms with Crippen molar-refractivity contribution in [2.24, 2.45) is 5.11 Å². The van der Waals surface area contributed by atoms with Crippen molar-refractivity contribution < 1.29 is 23.7 Å². The van der Waals surface area contributed by atoms with E-state index in [2.05, 4.69) is 10.0 Å². The Labute approximate surface area is 98.4 Å². The zero-order chi connectivity index (χ0) is 12.8. The molecule has 1 aliphatic rings. The van der Waals surface area contributed by atoms with Gasteiger partial charge in [-0.15, -0.1) is 0 Å².